The summed E-state index contributed by atoms with van der Waals surface area (Å²) in [4.78, 5) is 11.0. The van der Waals surface area contributed by atoms with E-state index in [1.165, 1.54) is 12.1 Å². The zero-order valence-electron chi connectivity index (χ0n) is 9.19. The third kappa shape index (κ3) is 7.18. The van der Waals surface area contributed by atoms with Crippen molar-refractivity contribution in [3.05, 3.63) is 40.2 Å². The Labute approximate surface area is 151 Å². The predicted octanol–water partition coefficient (Wildman–Crippen LogP) is 0.506. The van der Waals surface area contributed by atoms with Crippen molar-refractivity contribution in [2.45, 2.75) is 6.92 Å². The van der Waals surface area contributed by atoms with Crippen molar-refractivity contribution in [2.75, 3.05) is 0 Å². The van der Waals surface area contributed by atoms with Gasteiger partial charge in [0.15, 0.2) is 0 Å². The van der Waals surface area contributed by atoms with Crippen LogP contribution in [0.4, 0.5) is 0 Å². The van der Waals surface area contributed by atoms with Crippen LogP contribution in [0.5, 0.6) is 5.75 Å². The number of fused-ring (bicyclic) bond motifs is 1. The van der Waals surface area contributed by atoms with Crippen LogP contribution in [0.25, 0.3) is 11.0 Å². The molecule has 100 valence electrons. The van der Waals surface area contributed by atoms with E-state index in [0.717, 1.165) is 10.9 Å². The molecule has 0 unspecified atom stereocenters. The normalized spacial score (nSPS) is 10.3. The van der Waals surface area contributed by atoms with Gasteiger partial charge in [-0.2, -0.15) is 8.42 Å². The first kappa shape index (κ1) is 18.7. The van der Waals surface area contributed by atoms with Crippen molar-refractivity contribution in [3.8, 4) is 5.75 Å². The van der Waals surface area contributed by atoms with Crippen LogP contribution < -0.4 is 5.63 Å². The molecule has 0 bridgehead atoms. The molecule has 0 fully saturated rings. The van der Waals surface area contributed by atoms with Crippen molar-refractivity contribution < 1.29 is 27.0 Å². The van der Waals surface area contributed by atoms with Gasteiger partial charge in [0.1, 0.15) is 11.3 Å². The zero-order chi connectivity index (χ0) is 13.9. The van der Waals surface area contributed by atoms with Crippen LogP contribution in [0.2, 0.25) is 0 Å². The molecule has 0 aliphatic carbocycles. The molecule has 0 saturated carbocycles. The Hall–Kier alpha value is -0.264. The summed E-state index contributed by atoms with van der Waals surface area (Å²) in [6.07, 6.45) is 0. The molecule has 1 aromatic carbocycles. The summed E-state index contributed by atoms with van der Waals surface area (Å²) < 4.78 is 36.5. The van der Waals surface area contributed by atoms with Gasteiger partial charge in [-0.1, -0.05) is 0 Å². The minimum atomic E-state index is -4.67. The Bertz CT molecular complexity index is 712. The van der Waals surface area contributed by atoms with Crippen molar-refractivity contribution in [2.24, 2.45) is 0 Å². The number of rotatable bonds is 0. The second-order valence-corrected chi connectivity index (χ2v) is 4.27. The Morgan fingerprint density at radius 3 is 2.21 bits per heavy atom. The van der Waals surface area contributed by atoms with Gasteiger partial charge in [0.25, 0.3) is 0 Å². The summed E-state index contributed by atoms with van der Waals surface area (Å²) in [5, 5.41) is 9.99. The first-order valence-electron chi connectivity index (χ1n) is 4.60. The third-order valence-electron chi connectivity index (χ3n) is 1.93. The van der Waals surface area contributed by atoms with Crippen molar-refractivity contribution in [3.63, 3.8) is 0 Å². The predicted molar refractivity (Wildman–Crippen MR) is 70.2 cm³/mol. The Balaban J connectivity index is 0.000000471. The molecule has 19 heavy (non-hydrogen) atoms. The number of aryl methyl sites for hydroxylation is 1. The van der Waals surface area contributed by atoms with Crippen molar-refractivity contribution in [1.29, 1.82) is 0 Å². The van der Waals surface area contributed by atoms with Crippen LogP contribution in [-0.4, -0.2) is 74.0 Å². The second kappa shape index (κ2) is 7.50. The minimum absolute atomic E-state index is 0. The molecule has 1 aromatic heterocycles. The second-order valence-electron chi connectivity index (χ2n) is 3.38. The van der Waals surface area contributed by atoms with Gasteiger partial charge < -0.3 is 9.52 Å². The van der Waals surface area contributed by atoms with E-state index in [4.69, 9.17) is 27.0 Å². The molecular weight excluding hydrogens is 303 g/mol. The molecule has 7 nitrogen and oxygen atoms in total. The molecular formula is C10H11KO7S. The molecule has 0 saturated heterocycles. The van der Waals surface area contributed by atoms with E-state index >= 15 is 0 Å². The zero-order valence-corrected chi connectivity index (χ0v) is 10.0. The van der Waals surface area contributed by atoms with Gasteiger partial charge in [-0.25, -0.2) is 4.79 Å². The van der Waals surface area contributed by atoms with E-state index in [1.54, 1.807) is 12.1 Å². The third-order valence-corrected chi connectivity index (χ3v) is 1.93. The van der Waals surface area contributed by atoms with E-state index in [1.807, 2.05) is 6.92 Å². The van der Waals surface area contributed by atoms with Gasteiger partial charge >= 0.3 is 67.4 Å². The van der Waals surface area contributed by atoms with Crippen LogP contribution in [-0.2, 0) is 10.4 Å². The first-order valence-corrected chi connectivity index (χ1v) is 6.00. The van der Waals surface area contributed by atoms with Gasteiger partial charge in [-0.3, -0.25) is 9.11 Å². The summed E-state index contributed by atoms with van der Waals surface area (Å²) in [6, 6.07) is 6.15. The van der Waals surface area contributed by atoms with Crippen LogP contribution >= 0.6 is 0 Å². The van der Waals surface area contributed by atoms with Crippen LogP contribution in [0.3, 0.4) is 0 Å². The fourth-order valence-electron chi connectivity index (χ4n) is 1.31. The molecule has 3 N–H and O–H groups in total. The SMILES string of the molecule is Cc1cc(=O)oc2cc(O)ccc12.O=S(=O)(O)O.[KH]. The van der Waals surface area contributed by atoms with E-state index in [9.17, 15) is 4.79 Å². The molecule has 0 aliphatic heterocycles. The molecule has 2 aromatic rings. The van der Waals surface area contributed by atoms with Crippen molar-refractivity contribution >= 4 is 72.8 Å². The summed E-state index contributed by atoms with van der Waals surface area (Å²) in [5.41, 5.74) is 0.881. The standard InChI is InChI=1S/C10H8O3.K.H2O4S.H/c1-6-4-10(12)13-9-5-7(11)2-3-8(6)9;;1-5(2,3)4;/h2-5,11H,1H3;;(H2,1,2,3,4);. The fourth-order valence-corrected chi connectivity index (χ4v) is 1.31. The molecule has 0 aliphatic rings. The maximum atomic E-state index is 11.0. The number of hydrogen-bond acceptors (Lipinski definition) is 5. The topological polar surface area (TPSA) is 125 Å². The fraction of sp³-hybridized carbons (Fsp3) is 0.100. The maximum absolute atomic E-state index is 11.0. The van der Waals surface area contributed by atoms with E-state index in [2.05, 4.69) is 0 Å². The molecule has 0 radical (unpaired) electrons. The Morgan fingerprint density at radius 1 is 1.16 bits per heavy atom. The van der Waals surface area contributed by atoms with Gasteiger partial charge in [0.05, 0.1) is 0 Å². The van der Waals surface area contributed by atoms with Gasteiger partial charge in [0, 0.05) is 17.5 Å². The Kier molecular flexibility index (Phi) is 7.40. The summed E-state index contributed by atoms with van der Waals surface area (Å²) in [7, 11) is -4.67. The van der Waals surface area contributed by atoms with E-state index in [-0.39, 0.29) is 57.1 Å². The number of phenols is 1. The monoisotopic (exact) mass is 314 g/mol. The van der Waals surface area contributed by atoms with Gasteiger partial charge in [-0.05, 0) is 24.6 Å². The Morgan fingerprint density at radius 2 is 1.68 bits per heavy atom. The summed E-state index contributed by atoms with van der Waals surface area (Å²) >= 11 is 0. The number of phenolic OH excluding ortho intramolecular Hbond substituents is 1. The molecule has 9 heteroatoms. The number of benzene rings is 1. The average Bonchev–Trinajstić information content (AvgIpc) is 2.13. The molecule has 1 heterocycles. The average molecular weight is 314 g/mol. The molecule has 0 amide bonds. The first-order chi connectivity index (χ1) is 8.16. The van der Waals surface area contributed by atoms with E-state index < -0.39 is 16.0 Å². The quantitative estimate of drug-likeness (QED) is 0.367. The van der Waals surface area contributed by atoms with Crippen LogP contribution in [0, 0.1) is 6.92 Å². The summed E-state index contributed by atoms with van der Waals surface area (Å²) in [6.45, 7) is 1.83. The van der Waals surface area contributed by atoms with Crippen molar-refractivity contribution in [1.82, 2.24) is 0 Å². The number of hydrogen-bond donors (Lipinski definition) is 3. The molecule has 2 rings (SSSR count). The number of aromatic hydroxyl groups is 1. The van der Waals surface area contributed by atoms with Crippen LogP contribution in [0.15, 0.2) is 33.5 Å². The van der Waals surface area contributed by atoms with Gasteiger partial charge in [-0.15, -0.1) is 0 Å². The van der Waals surface area contributed by atoms with E-state index in [0.29, 0.717) is 5.58 Å². The summed E-state index contributed by atoms with van der Waals surface area (Å²) in [5.74, 6) is 0.0984. The molecule has 0 spiro atoms. The van der Waals surface area contributed by atoms with Crippen LogP contribution in [0.1, 0.15) is 5.56 Å². The van der Waals surface area contributed by atoms with Gasteiger partial charge in [0.2, 0.25) is 0 Å². The molecule has 0 atom stereocenters.